The lowest BCUT2D eigenvalue weighted by Crippen LogP contribution is -2.28. The van der Waals surface area contributed by atoms with Crippen molar-refractivity contribution in [2.75, 3.05) is 0 Å². The van der Waals surface area contributed by atoms with E-state index in [1.807, 2.05) is 20.8 Å². The number of aromatic nitrogens is 2. The predicted octanol–water partition coefficient (Wildman–Crippen LogP) is 2.45. The quantitative estimate of drug-likeness (QED) is 0.769. The van der Waals surface area contributed by atoms with Crippen molar-refractivity contribution in [3.63, 3.8) is 0 Å². The molecule has 1 aromatic rings. The molecule has 1 atom stereocenters. The van der Waals surface area contributed by atoms with E-state index in [1.165, 1.54) is 0 Å². The summed E-state index contributed by atoms with van der Waals surface area (Å²) in [5, 5.41) is 0. The summed E-state index contributed by atoms with van der Waals surface area (Å²) < 4.78 is 0. The predicted molar refractivity (Wildman–Crippen MR) is 62.6 cm³/mol. The first kappa shape index (κ1) is 12.1. The van der Waals surface area contributed by atoms with E-state index in [2.05, 4.69) is 30.7 Å². The summed E-state index contributed by atoms with van der Waals surface area (Å²) in [4.78, 5) is 8.93. The first-order valence-corrected chi connectivity index (χ1v) is 5.31. The van der Waals surface area contributed by atoms with Gasteiger partial charge in [-0.25, -0.2) is 9.97 Å². The molecular formula is C12H21N3. The number of hydrogen-bond acceptors (Lipinski definition) is 3. The van der Waals surface area contributed by atoms with Crippen molar-refractivity contribution < 1.29 is 0 Å². The zero-order valence-electron chi connectivity index (χ0n) is 10.5. The molecule has 0 radical (unpaired) electrons. The fraction of sp³-hybridized carbons (Fsp3) is 0.667. The number of rotatable bonds is 1. The van der Waals surface area contributed by atoms with E-state index in [9.17, 15) is 0 Å². The highest BCUT2D eigenvalue weighted by atomic mass is 14.9. The minimum absolute atomic E-state index is 0.00582. The van der Waals surface area contributed by atoms with Crippen LogP contribution in [0, 0.1) is 26.2 Å². The van der Waals surface area contributed by atoms with Crippen molar-refractivity contribution >= 4 is 0 Å². The zero-order chi connectivity index (χ0) is 11.8. The van der Waals surface area contributed by atoms with Crippen molar-refractivity contribution in [2.45, 2.75) is 47.6 Å². The van der Waals surface area contributed by atoms with Crippen LogP contribution in [0.3, 0.4) is 0 Å². The summed E-state index contributed by atoms with van der Waals surface area (Å²) in [6, 6.07) is -0.115. The van der Waals surface area contributed by atoms with Crippen LogP contribution in [0.5, 0.6) is 0 Å². The number of aryl methyl sites for hydroxylation is 2. The Labute approximate surface area is 92.1 Å². The third-order valence-corrected chi connectivity index (χ3v) is 2.86. The van der Waals surface area contributed by atoms with Gasteiger partial charge in [-0.3, -0.25) is 0 Å². The summed E-state index contributed by atoms with van der Waals surface area (Å²) in [7, 11) is 0. The summed E-state index contributed by atoms with van der Waals surface area (Å²) >= 11 is 0. The molecule has 1 rings (SSSR count). The van der Waals surface area contributed by atoms with Crippen LogP contribution in [0.15, 0.2) is 0 Å². The normalized spacial score (nSPS) is 14.1. The van der Waals surface area contributed by atoms with Crippen LogP contribution in [0.2, 0.25) is 0 Å². The van der Waals surface area contributed by atoms with Crippen LogP contribution < -0.4 is 5.73 Å². The first-order chi connectivity index (χ1) is 6.73. The summed E-state index contributed by atoms with van der Waals surface area (Å²) in [5.41, 5.74) is 9.33. The highest BCUT2D eigenvalue weighted by molar-refractivity contribution is 5.23. The van der Waals surface area contributed by atoms with Crippen molar-refractivity contribution in [3.05, 3.63) is 22.8 Å². The van der Waals surface area contributed by atoms with E-state index in [-0.39, 0.29) is 11.5 Å². The SMILES string of the molecule is Cc1nc(C(N)C(C)(C)C)nc(C)c1C. The molecule has 0 aliphatic rings. The number of nitrogens with zero attached hydrogens (tertiary/aromatic N) is 2. The second kappa shape index (κ2) is 3.89. The highest BCUT2D eigenvalue weighted by Gasteiger charge is 2.25. The molecule has 0 bridgehead atoms. The highest BCUT2D eigenvalue weighted by Crippen LogP contribution is 2.28. The third-order valence-electron chi connectivity index (χ3n) is 2.86. The van der Waals surface area contributed by atoms with E-state index in [4.69, 9.17) is 5.73 Å². The van der Waals surface area contributed by atoms with Gasteiger partial charge in [0.25, 0.3) is 0 Å². The van der Waals surface area contributed by atoms with E-state index >= 15 is 0 Å². The van der Waals surface area contributed by atoms with Crippen molar-refractivity contribution in [2.24, 2.45) is 11.1 Å². The molecule has 0 saturated carbocycles. The molecule has 1 unspecified atom stereocenters. The van der Waals surface area contributed by atoms with Gasteiger partial charge in [0.15, 0.2) is 0 Å². The van der Waals surface area contributed by atoms with E-state index < -0.39 is 0 Å². The van der Waals surface area contributed by atoms with Gasteiger partial charge in [-0.05, 0) is 31.7 Å². The molecule has 0 aliphatic carbocycles. The Morgan fingerprint density at radius 1 is 1.00 bits per heavy atom. The maximum Gasteiger partial charge on any atom is 0.146 e. The molecule has 0 amide bonds. The Morgan fingerprint density at radius 2 is 1.40 bits per heavy atom. The average Bonchev–Trinajstić information content (AvgIpc) is 2.10. The number of nitrogens with two attached hydrogens (primary N) is 1. The van der Waals surface area contributed by atoms with Crippen LogP contribution in [0.4, 0.5) is 0 Å². The molecule has 0 aromatic carbocycles. The molecule has 84 valence electrons. The monoisotopic (exact) mass is 207 g/mol. The maximum atomic E-state index is 6.13. The molecule has 0 spiro atoms. The topological polar surface area (TPSA) is 51.8 Å². The molecule has 2 N–H and O–H groups in total. The van der Waals surface area contributed by atoms with Gasteiger partial charge in [0.05, 0.1) is 6.04 Å². The van der Waals surface area contributed by atoms with Crippen LogP contribution in [-0.2, 0) is 0 Å². The lowest BCUT2D eigenvalue weighted by Gasteiger charge is -2.26. The third kappa shape index (κ3) is 2.53. The second-order valence-electron chi connectivity index (χ2n) is 5.22. The van der Waals surface area contributed by atoms with Gasteiger partial charge < -0.3 is 5.73 Å². The van der Waals surface area contributed by atoms with Crippen LogP contribution in [0.1, 0.15) is 49.6 Å². The molecule has 1 heterocycles. The molecule has 0 fully saturated rings. The summed E-state index contributed by atoms with van der Waals surface area (Å²) in [6.45, 7) is 12.4. The molecule has 3 heteroatoms. The molecule has 15 heavy (non-hydrogen) atoms. The molecular weight excluding hydrogens is 186 g/mol. The molecule has 1 aromatic heterocycles. The first-order valence-electron chi connectivity index (χ1n) is 5.31. The van der Waals surface area contributed by atoms with Gasteiger partial charge in [0.1, 0.15) is 5.82 Å². The van der Waals surface area contributed by atoms with E-state index in [0.717, 1.165) is 22.8 Å². The molecule has 3 nitrogen and oxygen atoms in total. The van der Waals surface area contributed by atoms with Crippen LogP contribution in [0.25, 0.3) is 0 Å². The lowest BCUT2D eigenvalue weighted by molar-refractivity contribution is 0.314. The summed E-state index contributed by atoms with van der Waals surface area (Å²) in [5.74, 6) is 0.753. The largest absolute Gasteiger partial charge is 0.321 e. The van der Waals surface area contributed by atoms with E-state index in [0.29, 0.717) is 0 Å². The average molecular weight is 207 g/mol. The van der Waals surface area contributed by atoms with Crippen LogP contribution in [-0.4, -0.2) is 9.97 Å². The Kier molecular flexibility index (Phi) is 3.14. The lowest BCUT2D eigenvalue weighted by atomic mass is 9.87. The van der Waals surface area contributed by atoms with Gasteiger partial charge in [-0.1, -0.05) is 20.8 Å². The Balaban J connectivity index is 3.17. The smallest absolute Gasteiger partial charge is 0.146 e. The van der Waals surface area contributed by atoms with Gasteiger partial charge in [-0.2, -0.15) is 0 Å². The Bertz CT molecular complexity index is 341. The maximum absolute atomic E-state index is 6.13. The fourth-order valence-electron chi connectivity index (χ4n) is 1.32. The zero-order valence-corrected chi connectivity index (χ0v) is 10.5. The molecule has 0 aliphatic heterocycles. The Hall–Kier alpha value is -0.960. The van der Waals surface area contributed by atoms with Gasteiger partial charge in [-0.15, -0.1) is 0 Å². The van der Waals surface area contributed by atoms with Crippen molar-refractivity contribution in [1.29, 1.82) is 0 Å². The van der Waals surface area contributed by atoms with Crippen LogP contribution >= 0.6 is 0 Å². The second-order valence-corrected chi connectivity index (χ2v) is 5.22. The van der Waals surface area contributed by atoms with Gasteiger partial charge in [0.2, 0.25) is 0 Å². The van der Waals surface area contributed by atoms with Gasteiger partial charge >= 0.3 is 0 Å². The standard InChI is InChI=1S/C12H21N3/c1-7-8(2)14-11(15-9(7)3)10(13)12(4,5)6/h10H,13H2,1-6H3. The Morgan fingerprint density at radius 3 is 1.73 bits per heavy atom. The minimum Gasteiger partial charge on any atom is -0.321 e. The molecule has 0 saturated heterocycles. The number of hydrogen-bond donors (Lipinski definition) is 1. The van der Waals surface area contributed by atoms with Crippen molar-refractivity contribution in [3.8, 4) is 0 Å². The van der Waals surface area contributed by atoms with Crippen molar-refractivity contribution in [1.82, 2.24) is 9.97 Å². The summed E-state index contributed by atoms with van der Waals surface area (Å²) in [6.07, 6.45) is 0. The van der Waals surface area contributed by atoms with Gasteiger partial charge in [0, 0.05) is 11.4 Å². The minimum atomic E-state index is -0.115. The van der Waals surface area contributed by atoms with E-state index in [1.54, 1.807) is 0 Å². The fourth-order valence-corrected chi connectivity index (χ4v) is 1.32.